The summed E-state index contributed by atoms with van der Waals surface area (Å²) >= 11 is 0. The van der Waals surface area contributed by atoms with Crippen molar-refractivity contribution in [2.45, 2.75) is 6.42 Å². The summed E-state index contributed by atoms with van der Waals surface area (Å²) in [5, 5.41) is 12.1. The van der Waals surface area contributed by atoms with Crippen molar-refractivity contribution < 1.29 is 9.60 Å². The average molecular weight is 208 g/mol. The van der Waals surface area contributed by atoms with Crippen LogP contribution in [-0.4, -0.2) is 30.7 Å². The van der Waals surface area contributed by atoms with Crippen molar-refractivity contribution in [3.63, 3.8) is 0 Å². The SMILES string of the molecule is O/N=C1/CCN(CCF)c2ccccc21. The van der Waals surface area contributed by atoms with E-state index in [4.69, 9.17) is 5.21 Å². The average Bonchev–Trinajstić information content (AvgIpc) is 2.30. The number of nitrogens with zero attached hydrogens (tertiary/aromatic N) is 2. The van der Waals surface area contributed by atoms with E-state index in [1.54, 1.807) is 0 Å². The summed E-state index contributed by atoms with van der Waals surface area (Å²) in [5.41, 5.74) is 2.54. The van der Waals surface area contributed by atoms with Gasteiger partial charge in [0, 0.05) is 30.8 Å². The standard InChI is InChI=1S/C11H13FN2O/c12-6-8-14-7-5-10(13-15)9-3-1-2-4-11(9)14/h1-4,15H,5-8H2/b13-10-. The number of para-hydroxylation sites is 1. The van der Waals surface area contributed by atoms with Gasteiger partial charge in [-0.3, -0.25) is 0 Å². The molecule has 1 heterocycles. The van der Waals surface area contributed by atoms with Crippen LogP contribution in [0.1, 0.15) is 12.0 Å². The molecule has 0 aliphatic carbocycles. The second kappa shape index (κ2) is 4.29. The van der Waals surface area contributed by atoms with Gasteiger partial charge in [0.25, 0.3) is 0 Å². The number of rotatable bonds is 2. The number of anilines is 1. The van der Waals surface area contributed by atoms with Crippen LogP contribution in [-0.2, 0) is 0 Å². The number of fused-ring (bicyclic) bond motifs is 1. The largest absolute Gasteiger partial charge is 0.411 e. The molecule has 0 amide bonds. The summed E-state index contributed by atoms with van der Waals surface area (Å²) < 4.78 is 12.3. The molecule has 1 aliphatic rings. The molecule has 0 bridgehead atoms. The van der Waals surface area contributed by atoms with Gasteiger partial charge in [-0.15, -0.1) is 0 Å². The van der Waals surface area contributed by atoms with E-state index in [1.807, 2.05) is 29.2 Å². The molecule has 0 spiro atoms. The third-order valence-corrected chi connectivity index (χ3v) is 2.65. The van der Waals surface area contributed by atoms with E-state index < -0.39 is 0 Å². The van der Waals surface area contributed by atoms with Crippen LogP contribution in [0, 0.1) is 0 Å². The molecule has 80 valence electrons. The van der Waals surface area contributed by atoms with Gasteiger partial charge in [-0.05, 0) is 6.07 Å². The predicted molar refractivity (Wildman–Crippen MR) is 57.6 cm³/mol. The lowest BCUT2D eigenvalue weighted by Gasteiger charge is -2.30. The van der Waals surface area contributed by atoms with Crippen LogP contribution >= 0.6 is 0 Å². The van der Waals surface area contributed by atoms with E-state index in [-0.39, 0.29) is 6.67 Å². The molecule has 0 saturated carbocycles. The molecule has 1 N–H and O–H groups in total. The number of hydrogen-bond acceptors (Lipinski definition) is 3. The Hall–Kier alpha value is -1.58. The van der Waals surface area contributed by atoms with Gasteiger partial charge in [0.1, 0.15) is 6.67 Å². The summed E-state index contributed by atoms with van der Waals surface area (Å²) in [6.07, 6.45) is 0.660. The zero-order valence-electron chi connectivity index (χ0n) is 8.36. The van der Waals surface area contributed by atoms with Crippen LogP contribution < -0.4 is 4.90 Å². The third kappa shape index (κ3) is 1.79. The molecule has 0 saturated heterocycles. The first kappa shape index (κ1) is 9.96. The second-order valence-corrected chi connectivity index (χ2v) is 3.49. The Bertz CT molecular complexity index is 379. The Morgan fingerprint density at radius 3 is 2.93 bits per heavy atom. The lowest BCUT2D eigenvalue weighted by Crippen LogP contribution is -2.33. The van der Waals surface area contributed by atoms with E-state index >= 15 is 0 Å². The maximum atomic E-state index is 12.3. The highest BCUT2D eigenvalue weighted by atomic mass is 19.1. The molecule has 2 rings (SSSR count). The topological polar surface area (TPSA) is 35.8 Å². The third-order valence-electron chi connectivity index (χ3n) is 2.65. The van der Waals surface area contributed by atoms with Crippen LogP contribution in [0.15, 0.2) is 29.4 Å². The second-order valence-electron chi connectivity index (χ2n) is 3.49. The quantitative estimate of drug-likeness (QED) is 0.596. The molecule has 15 heavy (non-hydrogen) atoms. The molecular weight excluding hydrogens is 195 g/mol. The molecule has 0 radical (unpaired) electrons. The Morgan fingerprint density at radius 2 is 2.20 bits per heavy atom. The van der Waals surface area contributed by atoms with Gasteiger partial charge in [0.2, 0.25) is 0 Å². The van der Waals surface area contributed by atoms with E-state index in [0.29, 0.717) is 25.2 Å². The van der Waals surface area contributed by atoms with Gasteiger partial charge in [-0.25, -0.2) is 4.39 Å². The van der Waals surface area contributed by atoms with E-state index in [1.165, 1.54) is 0 Å². The Balaban J connectivity index is 2.39. The van der Waals surface area contributed by atoms with Crippen molar-refractivity contribution in [2.75, 3.05) is 24.7 Å². The summed E-state index contributed by atoms with van der Waals surface area (Å²) in [4.78, 5) is 1.98. The molecule has 1 aliphatic heterocycles. The molecule has 1 aromatic carbocycles. The van der Waals surface area contributed by atoms with Crippen LogP contribution in [0.4, 0.5) is 10.1 Å². The minimum absolute atomic E-state index is 0.361. The van der Waals surface area contributed by atoms with Crippen molar-refractivity contribution in [3.05, 3.63) is 29.8 Å². The van der Waals surface area contributed by atoms with E-state index in [9.17, 15) is 4.39 Å². The van der Waals surface area contributed by atoms with Crippen molar-refractivity contribution in [2.24, 2.45) is 5.16 Å². The molecular formula is C11H13FN2O. The summed E-state index contributed by atoms with van der Waals surface area (Å²) in [6.45, 7) is 0.746. The zero-order chi connectivity index (χ0) is 10.7. The Labute approximate surface area is 87.8 Å². The highest BCUT2D eigenvalue weighted by Gasteiger charge is 2.20. The maximum absolute atomic E-state index is 12.3. The first-order chi connectivity index (χ1) is 7.36. The molecule has 0 unspecified atom stereocenters. The van der Waals surface area contributed by atoms with Crippen LogP contribution in [0.5, 0.6) is 0 Å². The monoisotopic (exact) mass is 208 g/mol. The number of benzene rings is 1. The fourth-order valence-electron chi connectivity index (χ4n) is 1.93. The van der Waals surface area contributed by atoms with Gasteiger partial charge in [-0.1, -0.05) is 23.4 Å². The molecule has 4 heteroatoms. The van der Waals surface area contributed by atoms with Gasteiger partial charge in [-0.2, -0.15) is 0 Å². The number of alkyl halides is 1. The minimum atomic E-state index is -0.361. The first-order valence-electron chi connectivity index (χ1n) is 4.98. The summed E-state index contributed by atoms with van der Waals surface area (Å²) in [7, 11) is 0. The fraction of sp³-hybridized carbons (Fsp3) is 0.364. The first-order valence-corrected chi connectivity index (χ1v) is 4.98. The summed E-state index contributed by atoms with van der Waals surface area (Å²) in [6, 6.07) is 7.62. The normalized spacial score (nSPS) is 17.9. The molecule has 0 atom stereocenters. The maximum Gasteiger partial charge on any atom is 0.107 e. The minimum Gasteiger partial charge on any atom is -0.411 e. The number of hydrogen-bond donors (Lipinski definition) is 1. The van der Waals surface area contributed by atoms with E-state index in [2.05, 4.69) is 5.16 Å². The molecule has 0 fully saturated rings. The highest BCUT2D eigenvalue weighted by Crippen LogP contribution is 2.26. The predicted octanol–water partition coefficient (Wildman–Crippen LogP) is 2.04. The Morgan fingerprint density at radius 1 is 1.40 bits per heavy atom. The number of oxime groups is 1. The van der Waals surface area contributed by atoms with Crippen molar-refractivity contribution >= 4 is 11.4 Å². The summed E-state index contributed by atoms with van der Waals surface area (Å²) in [5.74, 6) is 0. The van der Waals surface area contributed by atoms with Crippen LogP contribution in [0.2, 0.25) is 0 Å². The highest BCUT2D eigenvalue weighted by molar-refractivity contribution is 6.06. The smallest absolute Gasteiger partial charge is 0.107 e. The molecule has 3 nitrogen and oxygen atoms in total. The molecule has 1 aromatic rings. The zero-order valence-corrected chi connectivity index (χ0v) is 8.36. The van der Waals surface area contributed by atoms with Gasteiger partial charge in [0.15, 0.2) is 0 Å². The van der Waals surface area contributed by atoms with Gasteiger partial charge < -0.3 is 10.1 Å². The lowest BCUT2D eigenvalue weighted by atomic mass is 10.00. The van der Waals surface area contributed by atoms with Gasteiger partial charge in [0.05, 0.1) is 5.71 Å². The van der Waals surface area contributed by atoms with Crippen molar-refractivity contribution in [3.8, 4) is 0 Å². The van der Waals surface area contributed by atoms with Crippen molar-refractivity contribution in [1.29, 1.82) is 0 Å². The van der Waals surface area contributed by atoms with Gasteiger partial charge >= 0.3 is 0 Å². The fourth-order valence-corrected chi connectivity index (χ4v) is 1.93. The lowest BCUT2D eigenvalue weighted by molar-refractivity contribution is 0.317. The van der Waals surface area contributed by atoms with Crippen molar-refractivity contribution in [1.82, 2.24) is 0 Å². The number of halogens is 1. The van der Waals surface area contributed by atoms with Crippen LogP contribution in [0.3, 0.4) is 0 Å². The van der Waals surface area contributed by atoms with E-state index in [0.717, 1.165) is 11.3 Å². The Kier molecular flexibility index (Phi) is 2.85. The van der Waals surface area contributed by atoms with Crippen LogP contribution in [0.25, 0.3) is 0 Å². The molecule has 0 aromatic heterocycles.